The van der Waals surface area contributed by atoms with Crippen LogP contribution in [0.5, 0.6) is 0 Å². The van der Waals surface area contributed by atoms with E-state index in [-0.39, 0.29) is 5.91 Å². The van der Waals surface area contributed by atoms with Crippen molar-refractivity contribution in [2.45, 2.75) is 20.3 Å². The standard InChI is InChI=1S/C11H11BrN2OS2/c1-6-7(2)16-11(13-6)14-10(15)5-8-3-4-9(12)17-8/h3-4H,5H2,1-2H3,(H,13,14,15). The van der Waals surface area contributed by atoms with Gasteiger partial charge >= 0.3 is 0 Å². The first-order valence-corrected chi connectivity index (χ1v) is 7.45. The van der Waals surface area contributed by atoms with Crippen molar-refractivity contribution < 1.29 is 4.79 Å². The number of rotatable bonds is 3. The first kappa shape index (κ1) is 12.7. The molecule has 0 radical (unpaired) electrons. The van der Waals surface area contributed by atoms with Gasteiger partial charge in [0.15, 0.2) is 5.13 Å². The van der Waals surface area contributed by atoms with E-state index < -0.39 is 0 Å². The number of aryl methyl sites for hydroxylation is 2. The van der Waals surface area contributed by atoms with E-state index in [1.807, 2.05) is 26.0 Å². The van der Waals surface area contributed by atoms with E-state index in [2.05, 4.69) is 26.2 Å². The maximum atomic E-state index is 11.8. The van der Waals surface area contributed by atoms with Crippen LogP contribution in [0.25, 0.3) is 0 Å². The molecule has 2 heterocycles. The van der Waals surface area contributed by atoms with Crippen molar-refractivity contribution >= 4 is 49.6 Å². The smallest absolute Gasteiger partial charge is 0.231 e. The van der Waals surface area contributed by atoms with Crippen molar-refractivity contribution in [3.63, 3.8) is 0 Å². The summed E-state index contributed by atoms with van der Waals surface area (Å²) in [6.45, 7) is 3.94. The van der Waals surface area contributed by atoms with E-state index >= 15 is 0 Å². The minimum atomic E-state index is -0.0203. The zero-order valence-electron chi connectivity index (χ0n) is 9.41. The highest BCUT2D eigenvalue weighted by Gasteiger charge is 2.09. The molecule has 3 nitrogen and oxygen atoms in total. The van der Waals surface area contributed by atoms with E-state index in [1.54, 1.807) is 11.3 Å². The van der Waals surface area contributed by atoms with E-state index in [0.717, 1.165) is 19.2 Å². The van der Waals surface area contributed by atoms with Crippen molar-refractivity contribution in [1.29, 1.82) is 0 Å². The van der Waals surface area contributed by atoms with Crippen LogP contribution in [0.3, 0.4) is 0 Å². The predicted octanol–water partition coefficient (Wildman–Crippen LogP) is 3.77. The highest BCUT2D eigenvalue weighted by molar-refractivity contribution is 9.11. The topological polar surface area (TPSA) is 42.0 Å². The third-order valence-corrected chi connectivity index (χ3v) is 4.85. The molecule has 2 aromatic rings. The molecule has 17 heavy (non-hydrogen) atoms. The molecule has 0 aliphatic heterocycles. The van der Waals surface area contributed by atoms with Crippen molar-refractivity contribution in [2.75, 3.05) is 5.32 Å². The Balaban J connectivity index is 1.97. The highest BCUT2D eigenvalue weighted by atomic mass is 79.9. The number of thiazole rings is 1. The molecule has 2 aromatic heterocycles. The minimum Gasteiger partial charge on any atom is -0.302 e. The highest BCUT2D eigenvalue weighted by Crippen LogP contribution is 2.24. The van der Waals surface area contributed by atoms with Crippen LogP contribution in [0.2, 0.25) is 0 Å². The van der Waals surface area contributed by atoms with Crippen LogP contribution >= 0.6 is 38.6 Å². The summed E-state index contributed by atoms with van der Waals surface area (Å²) >= 11 is 6.46. The van der Waals surface area contributed by atoms with Gasteiger partial charge in [0.1, 0.15) is 0 Å². The first-order valence-electron chi connectivity index (χ1n) is 5.02. The lowest BCUT2D eigenvalue weighted by molar-refractivity contribution is -0.115. The van der Waals surface area contributed by atoms with Gasteiger partial charge in [-0.2, -0.15) is 0 Å². The molecule has 0 unspecified atom stereocenters. The maximum Gasteiger partial charge on any atom is 0.231 e. The molecule has 0 saturated heterocycles. The Labute approximate surface area is 116 Å². The van der Waals surface area contributed by atoms with Crippen molar-refractivity contribution in [3.8, 4) is 0 Å². The summed E-state index contributed by atoms with van der Waals surface area (Å²) in [5, 5.41) is 3.50. The number of carbonyl (C=O) groups excluding carboxylic acids is 1. The Kier molecular flexibility index (Phi) is 3.96. The second-order valence-corrected chi connectivity index (χ2v) is 7.34. The number of aromatic nitrogens is 1. The molecule has 0 fully saturated rings. The maximum absolute atomic E-state index is 11.8. The minimum absolute atomic E-state index is 0.0203. The second-order valence-electron chi connectivity index (χ2n) is 3.59. The zero-order valence-corrected chi connectivity index (χ0v) is 12.6. The Morgan fingerprint density at radius 1 is 1.41 bits per heavy atom. The number of nitrogens with one attached hydrogen (secondary N) is 1. The molecule has 1 N–H and O–H groups in total. The molecule has 0 atom stereocenters. The number of amides is 1. The van der Waals surface area contributed by atoms with Crippen LogP contribution in [-0.4, -0.2) is 10.9 Å². The molecule has 0 aliphatic carbocycles. The first-order chi connectivity index (χ1) is 8.04. The van der Waals surface area contributed by atoms with Gasteiger partial charge in [0.05, 0.1) is 15.9 Å². The molecule has 6 heteroatoms. The average Bonchev–Trinajstić information content (AvgIpc) is 2.75. The summed E-state index contributed by atoms with van der Waals surface area (Å²) < 4.78 is 1.04. The fraction of sp³-hybridized carbons (Fsp3) is 0.273. The number of hydrogen-bond donors (Lipinski definition) is 1. The Bertz CT molecular complexity index is 528. The Morgan fingerprint density at radius 2 is 2.18 bits per heavy atom. The quantitative estimate of drug-likeness (QED) is 0.930. The van der Waals surface area contributed by atoms with Crippen LogP contribution < -0.4 is 5.32 Å². The van der Waals surface area contributed by atoms with Crippen LogP contribution in [0.1, 0.15) is 15.4 Å². The van der Waals surface area contributed by atoms with Gasteiger partial charge in [-0.05, 0) is 41.9 Å². The van der Waals surface area contributed by atoms with Gasteiger partial charge in [0.25, 0.3) is 0 Å². The van der Waals surface area contributed by atoms with Gasteiger partial charge in [0, 0.05) is 9.75 Å². The van der Waals surface area contributed by atoms with Gasteiger partial charge in [0.2, 0.25) is 5.91 Å². The summed E-state index contributed by atoms with van der Waals surface area (Å²) in [5.74, 6) is -0.0203. The zero-order chi connectivity index (χ0) is 12.4. The third-order valence-electron chi connectivity index (χ3n) is 2.24. The van der Waals surface area contributed by atoms with Gasteiger partial charge < -0.3 is 5.32 Å². The molecule has 0 saturated carbocycles. The SMILES string of the molecule is Cc1nc(NC(=O)Cc2ccc(Br)s2)sc1C. The van der Waals surface area contributed by atoms with E-state index in [9.17, 15) is 4.79 Å². The monoisotopic (exact) mass is 330 g/mol. The van der Waals surface area contributed by atoms with Crippen molar-refractivity contribution in [3.05, 3.63) is 31.4 Å². The van der Waals surface area contributed by atoms with Crippen LogP contribution in [0.4, 0.5) is 5.13 Å². The molecule has 1 amide bonds. The molecule has 0 bridgehead atoms. The summed E-state index contributed by atoms with van der Waals surface area (Å²) in [7, 11) is 0. The third kappa shape index (κ3) is 3.37. The van der Waals surface area contributed by atoms with Crippen LogP contribution in [0, 0.1) is 13.8 Å². The summed E-state index contributed by atoms with van der Waals surface area (Å²) in [4.78, 5) is 18.2. The number of halogens is 1. The molecule has 0 spiro atoms. The number of thiophene rings is 1. The van der Waals surface area contributed by atoms with Crippen molar-refractivity contribution in [2.24, 2.45) is 0 Å². The normalized spacial score (nSPS) is 10.5. The van der Waals surface area contributed by atoms with Gasteiger partial charge in [-0.25, -0.2) is 4.98 Å². The molecule has 0 aliphatic rings. The lowest BCUT2D eigenvalue weighted by atomic mass is 10.3. The van der Waals surface area contributed by atoms with E-state index in [1.165, 1.54) is 11.3 Å². The summed E-state index contributed by atoms with van der Waals surface area (Å²) in [6, 6.07) is 3.90. The van der Waals surface area contributed by atoms with Crippen molar-refractivity contribution in [1.82, 2.24) is 4.98 Å². The van der Waals surface area contributed by atoms with E-state index in [4.69, 9.17) is 0 Å². The summed E-state index contributed by atoms with van der Waals surface area (Å²) in [6.07, 6.45) is 0.397. The lowest BCUT2D eigenvalue weighted by Gasteiger charge is -1.98. The van der Waals surface area contributed by atoms with Crippen LogP contribution in [-0.2, 0) is 11.2 Å². The molecule has 0 aromatic carbocycles. The molecular weight excluding hydrogens is 320 g/mol. The van der Waals surface area contributed by atoms with Gasteiger partial charge in [-0.1, -0.05) is 0 Å². The molecule has 90 valence electrons. The second kappa shape index (κ2) is 5.29. The van der Waals surface area contributed by atoms with Gasteiger partial charge in [-0.3, -0.25) is 4.79 Å². The van der Waals surface area contributed by atoms with Crippen LogP contribution in [0.15, 0.2) is 15.9 Å². The van der Waals surface area contributed by atoms with Gasteiger partial charge in [-0.15, -0.1) is 22.7 Å². The number of anilines is 1. The number of carbonyl (C=O) groups is 1. The lowest BCUT2D eigenvalue weighted by Crippen LogP contribution is -2.13. The fourth-order valence-corrected chi connectivity index (χ4v) is 3.61. The number of hydrogen-bond acceptors (Lipinski definition) is 4. The number of nitrogens with zero attached hydrogens (tertiary/aromatic N) is 1. The van der Waals surface area contributed by atoms with E-state index in [0.29, 0.717) is 11.6 Å². The molecule has 2 rings (SSSR count). The fourth-order valence-electron chi connectivity index (χ4n) is 1.29. The largest absolute Gasteiger partial charge is 0.302 e. The Hall–Kier alpha value is -0.720. The molecular formula is C11H11BrN2OS2. The summed E-state index contributed by atoms with van der Waals surface area (Å²) in [5.41, 5.74) is 0.976. The Morgan fingerprint density at radius 3 is 2.71 bits per heavy atom. The average molecular weight is 331 g/mol. The predicted molar refractivity (Wildman–Crippen MR) is 75.9 cm³/mol.